The number of hydrogen-bond acceptors (Lipinski definition) is 4. The van der Waals surface area contributed by atoms with Crippen LogP contribution in [0.3, 0.4) is 0 Å². The van der Waals surface area contributed by atoms with Crippen LogP contribution in [0.15, 0.2) is 12.4 Å². The van der Waals surface area contributed by atoms with Crippen molar-refractivity contribution in [3.63, 3.8) is 0 Å². The molecule has 25 heavy (non-hydrogen) atoms. The molecule has 3 fully saturated rings. The summed E-state index contributed by atoms with van der Waals surface area (Å²) in [6, 6.07) is 0.529. The Morgan fingerprint density at radius 1 is 1.20 bits per heavy atom. The van der Waals surface area contributed by atoms with Crippen LogP contribution in [0.25, 0.3) is 0 Å². The predicted molar refractivity (Wildman–Crippen MR) is 96.4 cm³/mol. The highest BCUT2D eigenvalue weighted by Crippen LogP contribution is 2.37. The molecule has 1 aliphatic carbocycles. The van der Waals surface area contributed by atoms with Gasteiger partial charge in [-0.15, -0.1) is 0 Å². The van der Waals surface area contributed by atoms with Gasteiger partial charge >= 0.3 is 6.03 Å². The van der Waals surface area contributed by atoms with Crippen LogP contribution in [-0.4, -0.2) is 65.1 Å². The van der Waals surface area contributed by atoms with E-state index < -0.39 is 0 Å². The van der Waals surface area contributed by atoms with Crippen molar-refractivity contribution < 1.29 is 4.79 Å². The number of carbonyl (C=O) groups is 1. The van der Waals surface area contributed by atoms with Gasteiger partial charge in [-0.25, -0.2) is 14.8 Å². The third-order valence-electron chi connectivity index (χ3n) is 5.89. The number of rotatable bonds is 4. The van der Waals surface area contributed by atoms with Gasteiger partial charge in [0.15, 0.2) is 0 Å². The quantitative estimate of drug-likeness (QED) is 0.909. The maximum atomic E-state index is 12.6. The van der Waals surface area contributed by atoms with E-state index >= 15 is 0 Å². The molecule has 1 aromatic rings. The van der Waals surface area contributed by atoms with Gasteiger partial charge in [0.2, 0.25) is 0 Å². The minimum absolute atomic E-state index is 0.106. The third-order valence-corrected chi connectivity index (χ3v) is 5.89. The molecule has 2 amide bonds. The number of urea groups is 1. The van der Waals surface area contributed by atoms with Gasteiger partial charge in [0.25, 0.3) is 0 Å². The first-order valence-electron chi connectivity index (χ1n) is 9.74. The first-order chi connectivity index (χ1) is 12.2. The fourth-order valence-corrected chi connectivity index (χ4v) is 4.30. The lowest BCUT2D eigenvalue weighted by atomic mass is 9.84. The average Bonchev–Trinajstić information content (AvgIpc) is 3.46. The summed E-state index contributed by atoms with van der Waals surface area (Å²) in [6.07, 6.45) is 10.6. The topological polar surface area (TPSA) is 61.4 Å². The number of carbonyl (C=O) groups excluding carboxylic acids is 1. The van der Waals surface area contributed by atoms with Gasteiger partial charge in [-0.1, -0.05) is 0 Å². The molecular weight excluding hydrogens is 314 g/mol. The fraction of sp³-hybridized carbons (Fsp3) is 0.737. The predicted octanol–water partition coefficient (Wildman–Crippen LogP) is 2.02. The van der Waals surface area contributed by atoms with Gasteiger partial charge in [0.05, 0.1) is 0 Å². The molecular formula is C19H29N5O. The van der Waals surface area contributed by atoms with Crippen LogP contribution in [0.5, 0.6) is 0 Å². The lowest BCUT2D eigenvalue weighted by Crippen LogP contribution is -2.57. The standard InChI is InChI=1S/C19H29N5O/c1-23-10-7-17-16(13-23)3-2-9-24(17)19(25)20-8-6-14-11-21-18(22-12-14)15-4-5-15/h11-12,15-17H,2-10,13H2,1H3,(H,20,25)/t16-,17-/m1/s1. The molecule has 6 nitrogen and oxygen atoms in total. The van der Waals surface area contributed by atoms with Gasteiger partial charge in [-0.2, -0.15) is 0 Å². The lowest BCUT2D eigenvalue weighted by Gasteiger charge is -2.46. The Balaban J connectivity index is 1.26. The Morgan fingerprint density at radius 2 is 2.00 bits per heavy atom. The summed E-state index contributed by atoms with van der Waals surface area (Å²) in [7, 11) is 2.19. The number of amides is 2. The number of piperidine rings is 2. The Morgan fingerprint density at radius 3 is 2.76 bits per heavy atom. The molecule has 0 radical (unpaired) electrons. The minimum Gasteiger partial charge on any atom is -0.338 e. The summed E-state index contributed by atoms with van der Waals surface area (Å²) in [4.78, 5) is 26.0. The Kier molecular flexibility index (Phi) is 4.88. The van der Waals surface area contributed by atoms with Crippen molar-refractivity contribution in [1.29, 1.82) is 0 Å². The second kappa shape index (κ2) is 7.28. The summed E-state index contributed by atoms with van der Waals surface area (Å²) >= 11 is 0. The number of fused-ring (bicyclic) bond motifs is 1. The second-order valence-electron chi connectivity index (χ2n) is 7.92. The smallest absolute Gasteiger partial charge is 0.317 e. The van der Waals surface area contributed by atoms with E-state index in [0.717, 1.165) is 50.3 Å². The van der Waals surface area contributed by atoms with E-state index in [1.165, 1.54) is 19.3 Å². The molecule has 3 aliphatic rings. The van der Waals surface area contributed by atoms with E-state index in [4.69, 9.17) is 0 Å². The normalized spacial score (nSPS) is 27.0. The minimum atomic E-state index is 0.106. The monoisotopic (exact) mass is 343 g/mol. The molecule has 4 rings (SSSR count). The van der Waals surface area contributed by atoms with Crippen molar-refractivity contribution in [2.45, 2.75) is 50.5 Å². The fourth-order valence-electron chi connectivity index (χ4n) is 4.30. The zero-order chi connectivity index (χ0) is 17.2. The zero-order valence-electron chi connectivity index (χ0n) is 15.2. The third kappa shape index (κ3) is 3.94. The first-order valence-corrected chi connectivity index (χ1v) is 9.74. The van der Waals surface area contributed by atoms with Crippen LogP contribution in [0.2, 0.25) is 0 Å². The summed E-state index contributed by atoms with van der Waals surface area (Å²) in [5.41, 5.74) is 1.10. The molecule has 3 heterocycles. The maximum Gasteiger partial charge on any atom is 0.317 e. The second-order valence-corrected chi connectivity index (χ2v) is 7.92. The highest BCUT2D eigenvalue weighted by atomic mass is 16.2. The van der Waals surface area contributed by atoms with Crippen molar-refractivity contribution in [3.8, 4) is 0 Å². The molecule has 1 saturated carbocycles. The highest BCUT2D eigenvalue weighted by Gasteiger charge is 2.37. The van der Waals surface area contributed by atoms with Crippen molar-refractivity contribution in [3.05, 3.63) is 23.8 Å². The van der Waals surface area contributed by atoms with Crippen molar-refractivity contribution in [2.24, 2.45) is 5.92 Å². The van der Waals surface area contributed by atoms with Crippen LogP contribution in [0.1, 0.15) is 49.4 Å². The van der Waals surface area contributed by atoms with Crippen LogP contribution < -0.4 is 5.32 Å². The summed E-state index contributed by atoms with van der Waals surface area (Å²) in [5.74, 6) is 2.21. The van der Waals surface area contributed by atoms with Gasteiger partial charge < -0.3 is 15.1 Å². The molecule has 2 atom stereocenters. The Bertz CT molecular complexity index is 600. The SMILES string of the molecule is CN1CC[C@@H]2[C@H](CCCN2C(=O)NCCc2cnc(C3CC3)nc2)C1. The van der Waals surface area contributed by atoms with Crippen molar-refractivity contribution in [1.82, 2.24) is 25.1 Å². The largest absolute Gasteiger partial charge is 0.338 e. The Labute approximate surface area is 150 Å². The number of aromatic nitrogens is 2. The van der Waals surface area contributed by atoms with E-state index in [9.17, 15) is 4.79 Å². The van der Waals surface area contributed by atoms with E-state index in [-0.39, 0.29) is 6.03 Å². The van der Waals surface area contributed by atoms with Gasteiger partial charge in [-0.05, 0) is 63.6 Å². The molecule has 1 aromatic heterocycles. The Hall–Kier alpha value is -1.69. The number of likely N-dealkylation sites (tertiary alicyclic amines) is 2. The number of nitrogens with one attached hydrogen (secondary N) is 1. The molecule has 2 aliphatic heterocycles. The van der Waals surface area contributed by atoms with Gasteiger partial charge in [0.1, 0.15) is 5.82 Å². The highest BCUT2D eigenvalue weighted by molar-refractivity contribution is 5.74. The molecule has 0 aromatic carbocycles. The van der Waals surface area contributed by atoms with Crippen LogP contribution in [0, 0.1) is 5.92 Å². The number of nitrogens with zero attached hydrogens (tertiary/aromatic N) is 4. The summed E-state index contributed by atoms with van der Waals surface area (Å²) in [6.45, 7) is 3.77. The first kappa shape index (κ1) is 16.8. The lowest BCUT2D eigenvalue weighted by molar-refractivity contribution is 0.0534. The summed E-state index contributed by atoms with van der Waals surface area (Å²) in [5, 5.41) is 3.11. The average molecular weight is 343 g/mol. The van der Waals surface area contributed by atoms with E-state index in [1.807, 2.05) is 12.4 Å². The van der Waals surface area contributed by atoms with Crippen LogP contribution in [-0.2, 0) is 6.42 Å². The molecule has 0 unspecified atom stereocenters. The van der Waals surface area contributed by atoms with E-state index in [0.29, 0.717) is 24.4 Å². The molecule has 6 heteroatoms. The van der Waals surface area contributed by atoms with Gasteiger partial charge in [0, 0.05) is 44.0 Å². The zero-order valence-corrected chi connectivity index (χ0v) is 15.2. The van der Waals surface area contributed by atoms with Crippen LogP contribution >= 0.6 is 0 Å². The van der Waals surface area contributed by atoms with E-state index in [1.54, 1.807) is 0 Å². The maximum absolute atomic E-state index is 12.6. The number of hydrogen-bond donors (Lipinski definition) is 1. The molecule has 0 bridgehead atoms. The molecule has 2 saturated heterocycles. The van der Waals surface area contributed by atoms with Crippen LogP contribution in [0.4, 0.5) is 4.79 Å². The molecule has 1 N–H and O–H groups in total. The van der Waals surface area contributed by atoms with Crippen molar-refractivity contribution >= 4 is 6.03 Å². The summed E-state index contributed by atoms with van der Waals surface area (Å²) < 4.78 is 0. The van der Waals surface area contributed by atoms with Crippen molar-refractivity contribution in [2.75, 3.05) is 33.2 Å². The van der Waals surface area contributed by atoms with Gasteiger partial charge in [-0.3, -0.25) is 0 Å². The molecule has 136 valence electrons. The molecule has 0 spiro atoms. The van der Waals surface area contributed by atoms with E-state index in [2.05, 4.69) is 32.1 Å².